The number of pyridine rings is 2. The highest BCUT2D eigenvalue weighted by Gasteiger charge is 2.25. The number of hydrogen-bond acceptors (Lipinski definition) is 6. The van der Waals surface area contributed by atoms with Crippen molar-refractivity contribution in [3.05, 3.63) is 76.7 Å². The van der Waals surface area contributed by atoms with Gasteiger partial charge >= 0.3 is 0 Å². The van der Waals surface area contributed by atoms with Gasteiger partial charge in [-0.1, -0.05) is 6.07 Å². The molecule has 1 aliphatic rings. The third kappa shape index (κ3) is 3.50. The van der Waals surface area contributed by atoms with E-state index < -0.39 is 0 Å². The fourth-order valence-electron chi connectivity index (χ4n) is 4.07. The van der Waals surface area contributed by atoms with Crippen molar-refractivity contribution in [2.75, 3.05) is 13.1 Å². The average molecular weight is 401 g/mol. The summed E-state index contributed by atoms with van der Waals surface area (Å²) in [4.78, 5) is 18.4. The molecule has 8 nitrogen and oxygen atoms in total. The van der Waals surface area contributed by atoms with Crippen molar-refractivity contribution in [3.8, 4) is 11.3 Å². The van der Waals surface area contributed by atoms with E-state index in [9.17, 15) is 4.79 Å². The predicted molar refractivity (Wildman–Crippen MR) is 113 cm³/mol. The topological polar surface area (TPSA) is 81.2 Å². The number of hydrogen-bond donors (Lipinski definition) is 0. The third-order valence-electron chi connectivity index (χ3n) is 5.87. The average Bonchev–Trinajstić information content (AvgIpc) is 3.21. The van der Waals surface area contributed by atoms with E-state index in [-0.39, 0.29) is 5.56 Å². The zero-order chi connectivity index (χ0) is 20.5. The van der Waals surface area contributed by atoms with Crippen LogP contribution in [0.3, 0.4) is 0 Å². The number of rotatable bonds is 4. The van der Waals surface area contributed by atoms with Crippen molar-refractivity contribution in [1.82, 2.24) is 34.3 Å². The fourth-order valence-corrected chi connectivity index (χ4v) is 4.07. The Morgan fingerprint density at radius 2 is 1.90 bits per heavy atom. The maximum Gasteiger partial charge on any atom is 0.250 e. The van der Waals surface area contributed by atoms with Crippen LogP contribution in [-0.2, 0) is 13.6 Å². The fraction of sp³-hybridized carbons (Fsp3) is 0.318. The molecule has 1 aliphatic heterocycles. The standard InChI is InChI=1S/C22H23N7O/c1-27-18(5-2-6-21(27)30)15-28-12-9-16(10-13-28)22-25-24-20-8-7-19(26-29(20)22)17-4-3-11-23-14-17/h2-8,11,14,16H,9-10,12-13,15H2,1H3. The van der Waals surface area contributed by atoms with Crippen LogP contribution < -0.4 is 5.56 Å². The lowest BCUT2D eigenvalue weighted by Gasteiger charge is -2.31. The van der Waals surface area contributed by atoms with Crippen LogP contribution in [0.5, 0.6) is 0 Å². The molecule has 4 aromatic rings. The Hall–Kier alpha value is -3.39. The molecule has 0 atom stereocenters. The first-order valence-electron chi connectivity index (χ1n) is 10.2. The lowest BCUT2D eigenvalue weighted by Crippen LogP contribution is -2.34. The second-order valence-corrected chi connectivity index (χ2v) is 7.75. The van der Waals surface area contributed by atoms with Crippen LogP contribution in [0, 0.1) is 0 Å². The van der Waals surface area contributed by atoms with Gasteiger partial charge in [-0.3, -0.25) is 14.7 Å². The van der Waals surface area contributed by atoms with Crippen molar-refractivity contribution in [1.29, 1.82) is 0 Å². The molecule has 8 heteroatoms. The van der Waals surface area contributed by atoms with Gasteiger partial charge in [0.25, 0.3) is 0 Å². The smallest absolute Gasteiger partial charge is 0.250 e. The summed E-state index contributed by atoms with van der Waals surface area (Å²) in [6, 6.07) is 13.3. The maximum atomic E-state index is 11.9. The van der Waals surface area contributed by atoms with E-state index in [4.69, 9.17) is 5.10 Å². The maximum absolute atomic E-state index is 11.9. The number of nitrogens with zero attached hydrogens (tertiary/aromatic N) is 7. The Labute approximate surface area is 173 Å². The van der Waals surface area contributed by atoms with Crippen LogP contribution in [0.4, 0.5) is 0 Å². The summed E-state index contributed by atoms with van der Waals surface area (Å²) in [6.07, 6.45) is 5.54. The van der Waals surface area contributed by atoms with Crippen molar-refractivity contribution in [2.45, 2.75) is 25.3 Å². The molecule has 0 N–H and O–H groups in total. The molecule has 4 aromatic heterocycles. The van der Waals surface area contributed by atoms with Gasteiger partial charge in [0.15, 0.2) is 11.5 Å². The lowest BCUT2D eigenvalue weighted by molar-refractivity contribution is 0.196. The number of fused-ring (bicyclic) bond motifs is 1. The molecule has 30 heavy (non-hydrogen) atoms. The van der Waals surface area contributed by atoms with Gasteiger partial charge in [0, 0.05) is 49.2 Å². The highest BCUT2D eigenvalue weighted by atomic mass is 16.1. The summed E-state index contributed by atoms with van der Waals surface area (Å²) >= 11 is 0. The van der Waals surface area contributed by atoms with Crippen molar-refractivity contribution >= 4 is 5.65 Å². The second kappa shape index (κ2) is 7.79. The van der Waals surface area contributed by atoms with Crippen molar-refractivity contribution in [3.63, 3.8) is 0 Å². The van der Waals surface area contributed by atoms with Gasteiger partial charge in [-0.05, 0) is 56.3 Å². The van der Waals surface area contributed by atoms with Crippen LogP contribution in [0.15, 0.2) is 59.7 Å². The van der Waals surface area contributed by atoms with Crippen LogP contribution in [0.25, 0.3) is 16.9 Å². The summed E-state index contributed by atoms with van der Waals surface area (Å²) < 4.78 is 3.60. The molecule has 0 saturated carbocycles. The first-order chi connectivity index (χ1) is 14.7. The Balaban J connectivity index is 1.33. The Morgan fingerprint density at radius 1 is 1.03 bits per heavy atom. The first-order valence-corrected chi connectivity index (χ1v) is 10.2. The lowest BCUT2D eigenvalue weighted by atomic mass is 9.96. The van der Waals surface area contributed by atoms with Gasteiger partial charge in [0.05, 0.1) is 5.69 Å². The zero-order valence-corrected chi connectivity index (χ0v) is 16.8. The summed E-state index contributed by atoms with van der Waals surface area (Å²) in [7, 11) is 1.83. The van der Waals surface area contributed by atoms with Gasteiger partial charge in [-0.25, -0.2) is 0 Å². The Bertz CT molecular complexity index is 1220. The van der Waals surface area contributed by atoms with E-state index in [2.05, 4.69) is 20.1 Å². The molecule has 5 heterocycles. The normalized spacial score (nSPS) is 15.6. The van der Waals surface area contributed by atoms with Gasteiger partial charge in [0.1, 0.15) is 0 Å². The number of aromatic nitrogens is 6. The van der Waals surface area contributed by atoms with Crippen LogP contribution >= 0.6 is 0 Å². The molecular formula is C22H23N7O. The minimum atomic E-state index is 0.0350. The predicted octanol–water partition coefficient (Wildman–Crippen LogP) is 2.26. The van der Waals surface area contributed by atoms with Crippen molar-refractivity contribution in [2.24, 2.45) is 7.05 Å². The molecule has 0 aromatic carbocycles. The van der Waals surface area contributed by atoms with Crippen LogP contribution in [-0.4, -0.2) is 47.4 Å². The number of likely N-dealkylation sites (tertiary alicyclic amines) is 1. The van der Waals surface area contributed by atoms with E-state index in [1.807, 2.05) is 54.2 Å². The molecule has 0 spiro atoms. The highest BCUT2D eigenvalue weighted by Crippen LogP contribution is 2.28. The summed E-state index contributed by atoms with van der Waals surface area (Å²) in [5, 5.41) is 13.6. The third-order valence-corrected chi connectivity index (χ3v) is 5.87. The minimum Gasteiger partial charge on any atom is -0.314 e. The van der Waals surface area contributed by atoms with E-state index in [1.54, 1.807) is 16.8 Å². The van der Waals surface area contributed by atoms with Crippen molar-refractivity contribution < 1.29 is 0 Å². The molecule has 0 aliphatic carbocycles. The first kappa shape index (κ1) is 18.6. The quantitative estimate of drug-likeness (QED) is 0.522. The zero-order valence-electron chi connectivity index (χ0n) is 16.8. The summed E-state index contributed by atoms with van der Waals surface area (Å²) in [6.45, 7) is 2.68. The van der Waals surface area contributed by atoms with E-state index in [1.165, 1.54) is 0 Å². The highest BCUT2D eigenvalue weighted by molar-refractivity contribution is 5.58. The SMILES string of the molecule is Cn1c(CN2CCC(c3nnc4ccc(-c5cccnc5)nn34)CC2)cccc1=O. The van der Waals surface area contributed by atoms with Crippen LogP contribution in [0.1, 0.15) is 30.3 Å². The van der Waals surface area contributed by atoms with Gasteiger partial charge in [-0.2, -0.15) is 9.61 Å². The second-order valence-electron chi connectivity index (χ2n) is 7.75. The molecule has 1 saturated heterocycles. The molecule has 0 amide bonds. The molecule has 5 rings (SSSR count). The molecule has 0 bridgehead atoms. The van der Waals surface area contributed by atoms with E-state index in [0.29, 0.717) is 5.92 Å². The van der Waals surface area contributed by atoms with Gasteiger partial charge in [0.2, 0.25) is 5.56 Å². The molecular weight excluding hydrogens is 378 g/mol. The summed E-state index contributed by atoms with van der Waals surface area (Å²) in [5.74, 6) is 1.23. The molecule has 0 radical (unpaired) electrons. The minimum absolute atomic E-state index is 0.0350. The number of piperidine rings is 1. The summed E-state index contributed by atoms with van der Waals surface area (Å²) in [5.41, 5.74) is 3.67. The Morgan fingerprint density at radius 3 is 2.70 bits per heavy atom. The van der Waals surface area contributed by atoms with E-state index in [0.717, 1.165) is 60.9 Å². The van der Waals surface area contributed by atoms with Crippen LogP contribution in [0.2, 0.25) is 0 Å². The van der Waals surface area contributed by atoms with Gasteiger partial charge in [-0.15, -0.1) is 10.2 Å². The molecule has 1 fully saturated rings. The molecule has 152 valence electrons. The Kier molecular flexibility index (Phi) is 4.84. The van der Waals surface area contributed by atoms with Gasteiger partial charge < -0.3 is 4.57 Å². The molecule has 0 unspecified atom stereocenters. The monoisotopic (exact) mass is 401 g/mol. The largest absolute Gasteiger partial charge is 0.314 e. The van der Waals surface area contributed by atoms with E-state index >= 15 is 0 Å².